The Morgan fingerprint density at radius 2 is 1.70 bits per heavy atom. The van der Waals surface area contributed by atoms with Crippen molar-refractivity contribution < 1.29 is 9.00 Å². The van der Waals surface area contributed by atoms with E-state index in [-0.39, 0.29) is 17.4 Å². The van der Waals surface area contributed by atoms with E-state index < -0.39 is 10.8 Å². The third-order valence-electron chi connectivity index (χ3n) is 7.93. The van der Waals surface area contributed by atoms with Crippen LogP contribution in [0.4, 0.5) is 10.5 Å². The zero-order valence-electron chi connectivity index (χ0n) is 21.2. The summed E-state index contributed by atoms with van der Waals surface area (Å²) in [5.74, 6) is 0.953. The van der Waals surface area contributed by atoms with Crippen LogP contribution in [-0.4, -0.2) is 59.0 Å². The number of fused-ring (bicyclic) bond motifs is 2. The quantitative estimate of drug-likeness (QED) is 0.396. The summed E-state index contributed by atoms with van der Waals surface area (Å²) in [7, 11) is 0.968. The van der Waals surface area contributed by atoms with Crippen LogP contribution in [0.1, 0.15) is 36.3 Å². The van der Waals surface area contributed by atoms with E-state index in [1.165, 1.54) is 11.1 Å². The molecule has 3 aromatic carbocycles. The number of carbonyl (C=O) groups is 1. The molecule has 37 heavy (non-hydrogen) atoms. The minimum absolute atomic E-state index is 0.0588. The summed E-state index contributed by atoms with van der Waals surface area (Å²) in [6.45, 7) is 3.58. The Bertz CT molecular complexity index is 1240. The second-order valence-corrected chi connectivity index (χ2v) is 12.2. The first-order chi connectivity index (χ1) is 17.9. The van der Waals surface area contributed by atoms with Gasteiger partial charge in [0.2, 0.25) is 0 Å². The maximum Gasteiger partial charge on any atom is 0.321 e. The molecule has 7 heteroatoms. The van der Waals surface area contributed by atoms with Crippen LogP contribution < -0.4 is 5.32 Å². The van der Waals surface area contributed by atoms with Crippen molar-refractivity contribution in [1.29, 1.82) is 0 Å². The van der Waals surface area contributed by atoms with Gasteiger partial charge in [0.1, 0.15) is 0 Å². The molecule has 1 fully saturated rings. The van der Waals surface area contributed by atoms with Gasteiger partial charge in [-0.15, -0.1) is 0 Å². The standard InChI is InChI=1S/C30H34ClN3O2S/c1-33(29(35)32-26-7-3-2-4-8-26)21-24(23-11-13-25(31)14-12-23)15-18-34-19-16-30(17-20-34)22-37(36)28-10-6-5-9-27(28)30/h2-14,24H,15-22H2,1H3,(H,32,35)/t24-,37?/m1/s1. The third-order valence-corrected chi connectivity index (χ3v) is 9.84. The normalized spacial score (nSPS) is 19.4. The van der Waals surface area contributed by atoms with Crippen molar-refractivity contribution in [1.82, 2.24) is 9.80 Å². The molecule has 2 amide bonds. The lowest BCUT2D eigenvalue weighted by Gasteiger charge is -2.40. The molecule has 1 saturated heterocycles. The highest BCUT2D eigenvalue weighted by Crippen LogP contribution is 2.44. The number of amides is 2. The number of piperidine rings is 1. The molecule has 0 aliphatic carbocycles. The van der Waals surface area contributed by atoms with Crippen LogP contribution in [0.15, 0.2) is 83.8 Å². The molecule has 3 aromatic rings. The molecule has 0 saturated carbocycles. The number of rotatable bonds is 7. The summed E-state index contributed by atoms with van der Waals surface area (Å²) < 4.78 is 12.7. The molecular weight excluding hydrogens is 502 g/mol. The largest absolute Gasteiger partial charge is 0.327 e. The van der Waals surface area contributed by atoms with Gasteiger partial charge in [-0.3, -0.25) is 4.21 Å². The maximum atomic E-state index is 12.9. The Morgan fingerprint density at radius 3 is 2.43 bits per heavy atom. The number of halogens is 1. The van der Waals surface area contributed by atoms with E-state index in [2.05, 4.69) is 34.5 Å². The van der Waals surface area contributed by atoms with Gasteiger partial charge in [0.15, 0.2) is 0 Å². The second-order valence-electron chi connectivity index (χ2n) is 10.3. The van der Waals surface area contributed by atoms with E-state index in [1.807, 2.05) is 61.6 Å². The maximum absolute atomic E-state index is 12.9. The fourth-order valence-electron chi connectivity index (χ4n) is 5.72. The van der Waals surface area contributed by atoms with Crippen LogP contribution in [0, 0.1) is 0 Å². The number of likely N-dealkylation sites (tertiary alicyclic amines) is 1. The molecule has 1 N–H and O–H groups in total. The number of urea groups is 1. The molecule has 2 aliphatic heterocycles. The van der Waals surface area contributed by atoms with Crippen LogP contribution in [-0.2, 0) is 16.2 Å². The van der Waals surface area contributed by atoms with Crippen LogP contribution in [0.2, 0.25) is 5.02 Å². The highest BCUT2D eigenvalue weighted by Gasteiger charge is 2.44. The molecule has 0 radical (unpaired) electrons. The van der Waals surface area contributed by atoms with Crippen LogP contribution in [0.3, 0.4) is 0 Å². The lowest BCUT2D eigenvalue weighted by Crippen LogP contribution is -2.44. The highest BCUT2D eigenvalue weighted by atomic mass is 35.5. The number of benzene rings is 3. The summed E-state index contributed by atoms with van der Waals surface area (Å²) in [6, 6.07) is 25.7. The Balaban J connectivity index is 1.21. The zero-order valence-corrected chi connectivity index (χ0v) is 22.8. The third kappa shape index (κ3) is 5.92. The molecule has 1 spiro atoms. The van der Waals surface area contributed by atoms with Crippen molar-refractivity contribution >= 4 is 34.1 Å². The number of para-hydroxylation sites is 1. The van der Waals surface area contributed by atoms with Gasteiger partial charge in [0.25, 0.3) is 0 Å². The predicted octanol–water partition coefficient (Wildman–Crippen LogP) is 6.13. The first kappa shape index (κ1) is 26.0. The van der Waals surface area contributed by atoms with Crippen LogP contribution in [0.5, 0.6) is 0 Å². The molecule has 1 unspecified atom stereocenters. The average molecular weight is 536 g/mol. The monoisotopic (exact) mass is 535 g/mol. The van der Waals surface area contributed by atoms with E-state index >= 15 is 0 Å². The molecule has 0 aromatic heterocycles. The van der Waals surface area contributed by atoms with E-state index in [0.717, 1.165) is 55.2 Å². The molecule has 194 valence electrons. The van der Waals surface area contributed by atoms with Gasteiger partial charge in [-0.2, -0.15) is 0 Å². The fourth-order valence-corrected chi connectivity index (χ4v) is 7.71. The topological polar surface area (TPSA) is 52.7 Å². The first-order valence-corrected chi connectivity index (χ1v) is 14.7. The Hall–Kier alpha value is -2.67. The molecule has 2 aliphatic rings. The first-order valence-electron chi connectivity index (χ1n) is 13.0. The van der Waals surface area contributed by atoms with Crippen molar-refractivity contribution in [2.45, 2.75) is 35.5 Å². The van der Waals surface area contributed by atoms with Gasteiger partial charge in [-0.25, -0.2) is 4.79 Å². The molecule has 0 bridgehead atoms. The molecule has 2 heterocycles. The van der Waals surface area contributed by atoms with Crippen LogP contribution >= 0.6 is 11.6 Å². The minimum atomic E-state index is -0.883. The molecule has 5 rings (SSSR count). The van der Waals surface area contributed by atoms with Gasteiger partial charge in [0, 0.05) is 46.3 Å². The van der Waals surface area contributed by atoms with Crippen molar-refractivity contribution in [2.75, 3.05) is 44.3 Å². The average Bonchev–Trinajstić information content (AvgIpc) is 3.19. The van der Waals surface area contributed by atoms with Crippen molar-refractivity contribution in [2.24, 2.45) is 0 Å². The van der Waals surface area contributed by atoms with Gasteiger partial charge < -0.3 is 15.1 Å². The molecule has 2 atom stereocenters. The number of hydrogen-bond acceptors (Lipinski definition) is 3. The Labute approximate surface area is 227 Å². The summed E-state index contributed by atoms with van der Waals surface area (Å²) in [5.41, 5.74) is 3.35. The minimum Gasteiger partial charge on any atom is -0.327 e. The predicted molar refractivity (Wildman–Crippen MR) is 152 cm³/mol. The van der Waals surface area contributed by atoms with Crippen molar-refractivity contribution in [3.8, 4) is 0 Å². The van der Waals surface area contributed by atoms with Gasteiger partial charge in [-0.1, -0.05) is 60.1 Å². The van der Waals surface area contributed by atoms with E-state index in [0.29, 0.717) is 11.6 Å². The van der Waals surface area contributed by atoms with E-state index in [4.69, 9.17) is 11.6 Å². The number of nitrogens with one attached hydrogen (secondary N) is 1. The summed E-state index contributed by atoms with van der Waals surface area (Å²) in [6.07, 6.45) is 3.03. The highest BCUT2D eigenvalue weighted by molar-refractivity contribution is 7.85. The zero-order chi connectivity index (χ0) is 25.8. The second kappa shape index (κ2) is 11.4. The molecule has 5 nitrogen and oxygen atoms in total. The van der Waals surface area contributed by atoms with Crippen LogP contribution in [0.25, 0.3) is 0 Å². The lowest BCUT2D eigenvalue weighted by molar-refractivity contribution is 0.164. The summed E-state index contributed by atoms with van der Waals surface area (Å²) in [4.78, 5) is 18.2. The lowest BCUT2D eigenvalue weighted by atomic mass is 9.74. The fraction of sp³-hybridized carbons (Fsp3) is 0.367. The SMILES string of the molecule is CN(C[C@@H](CCN1CCC2(CC1)CS(=O)c1ccccc12)c1ccc(Cl)cc1)C(=O)Nc1ccccc1. The summed E-state index contributed by atoms with van der Waals surface area (Å²) in [5, 5.41) is 3.70. The smallest absolute Gasteiger partial charge is 0.321 e. The van der Waals surface area contributed by atoms with Gasteiger partial charge in [0.05, 0.1) is 10.8 Å². The number of nitrogens with zero attached hydrogens (tertiary/aromatic N) is 2. The van der Waals surface area contributed by atoms with E-state index in [9.17, 15) is 9.00 Å². The van der Waals surface area contributed by atoms with Crippen molar-refractivity contribution in [3.05, 3.63) is 95.0 Å². The van der Waals surface area contributed by atoms with Gasteiger partial charge >= 0.3 is 6.03 Å². The Morgan fingerprint density at radius 1 is 1.03 bits per heavy atom. The van der Waals surface area contributed by atoms with E-state index in [1.54, 1.807) is 4.90 Å². The number of carbonyl (C=O) groups excluding carboxylic acids is 1. The van der Waals surface area contributed by atoms with Crippen molar-refractivity contribution in [3.63, 3.8) is 0 Å². The molecular formula is C30H34ClN3O2S. The number of hydrogen-bond donors (Lipinski definition) is 1. The Kier molecular flexibility index (Phi) is 7.98. The number of anilines is 1. The van der Waals surface area contributed by atoms with Gasteiger partial charge in [-0.05, 0) is 80.4 Å². The summed E-state index contributed by atoms with van der Waals surface area (Å²) >= 11 is 6.16. The number of likely N-dealkylation sites (N-methyl/N-ethyl adjacent to an activating group) is 1.